The van der Waals surface area contributed by atoms with Gasteiger partial charge in [0, 0.05) is 6.04 Å². The van der Waals surface area contributed by atoms with E-state index in [4.69, 9.17) is 21.3 Å². The van der Waals surface area contributed by atoms with E-state index in [1.54, 1.807) is 0 Å². The number of hydrogen-bond acceptors (Lipinski definition) is 3. The Kier molecular flexibility index (Phi) is 5.70. The summed E-state index contributed by atoms with van der Waals surface area (Å²) in [7, 11) is -3.86. The maximum Gasteiger partial charge on any atom is 0.325 e. The van der Waals surface area contributed by atoms with Gasteiger partial charge in [0.05, 0.1) is 6.16 Å². The van der Waals surface area contributed by atoms with Crippen LogP contribution in [0, 0.1) is 0 Å². The van der Waals surface area contributed by atoms with E-state index in [-0.39, 0.29) is 12.2 Å². The van der Waals surface area contributed by atoms with Crippen LogP contribution in [-0.2, 0) is 4.57 Å². The van der Waals surface area contributed by atoms with E-state index >= 15 is 0 Å². The molecular weight excluding hydrogens is 179 g/mol. The van der Waals surface area contributed by atoms with Crippen molar-refractivity contribution in [1.82, 2.24) is 0 Å². The topological polar surface area (TPSA) is 110 Å². The zero-order valence-corrected chi connectivity index (χ0v) is 7.91. The molecule has 0 aliphatic heterocycles. The zero-order chi connectivity index (χ0) is 9.61. The predicted molar refractivity (Wildman–Crippen MR) is 47.8 cm³/mol. The lowest BCUT2D eigenvalue weighted by Crippen LogP contribution is -2.22. The van der Waals surface area contributed by atoms with E-state index < -0.39 is 7.60 Å². The average Bonchev–Trinajstić information content (AvgIpc) is 1.95. The quantitative estimate of drug-likeness (QED) is 0.433. The highest BCUT2D eigenvalue weighted by atomic mass is 31.2. The Bertz CT molecular complexity index is 159. The van der Waals surface area contributed by atoms with Gasteiger partial charge in [-0.1, -0.05) is 0 Å². The Morgan fingerprint density at radius 2 is 1.92 bits per heavy atom. The van der Waals surface area contributed by atoms with Crippen LogP contribution in [-0.4, -0.2) is 28.5 Å². The summed E-state index contributed by atoms with van der Waals surface area (Å²) in [5, 5.41) is 0. The van der Waals surface area contributed by atoms with Crippen molar-refractivity contribution in [3.8, 4) is 0 Å². The third kappa shape index (κ3) is 8.17. The van der Waals surface area contributed by atoms with Gasteiger partial charge in [0.25, 0.3) is 0 Å². The minimum Gasteiger partial charge on any atom is -0.330 e. The van der Waals surface area contributed by atoms with Gasteiger partial charge in [0.15, 0.2) is 0 Å². The zero-order valence-electron chi connectivity index (χ0n) is 7.02. The Labute approximate surface area is 72.3 Å². The van der Waals surface area contributed by atoms with E-state index in [1.165, 1.54) is 0 Å². The van der Waals surface area contributed by atoms with Gasteiger partial charge < -0.3 is 21.3 Å². The highest BCUT2D eigenvalue weighted by Gasteiger charge is 2.14. The molecule has 0 aromatic heterocycles. The molecule has 0 amide bonds. The summed E-state index contributed by atoms with van der Waals surface area (Å²) in [5.74, 6) is 0. The van der Waals surface area contributed by atoms with Crippen LogP contribution >= 0.6 is 7.60 Å². The maximum absolute atomic E-state index is 10.4. The Hall–Kier alpha value is 0.0700. The molecule has 6 N–H and O–H groups in total. The molecule has 1 atom stereocenters. The molecule has 0 aromatic carbocycles. The first kappa shape index (κ1) is 12.1. The summed E-state index contributed by atoms with van der Waals surface area (Å²) in [6, 6.07) is -0.138. The molecule has 0 spiro atoms. The lowest BCUT2D eigenvalue weighted by molar-refractivity contribution is 0.368. The Balaban J connectivity index is 3.44. The molecule has 1 unspecified atom stereocenters. The lowest BCUT2D eigenvalue weighted by Gasteiger charge is -2.10. The molecule has 0 aromatic rings. The van der Waals surface area contributed by atoms with Gasteiger partial charge in [-0.25, -0.2) is 0 Å². The Morgan fingerprint density at radius 3 is 2.33 bits per heavy atom. The molecule has 0 aliphatic rings. The second-order valence-electron chi connectivity index (χ2n) is 2.87. The minimum atomic E-state index is -3.86. The summed E-state index contributed by atoms with van der Waals surface area (Å²) in [6.45, 7) is 0.573. The SMILES string of the molecule is NCCCC(N)CCP(=O)(O)O. The number of rotatable bonds is 6. The third-order valence-electron chi connectivity index (χ3n) is 1.57. The molecular formula is C6H17N2O3P. The first-order valence-electron chi connectivity index (χ1n) is 3.96. The number of nitrogens with two attached hydrogens (primary N) is 2. The largest absolute Gasteiger partial charge is 0.330 e. The van der Waals surface area contributed by atoms with Crippen molar-refractivity contribution < 1.29 is 14.4 Å². The normalized spacial score (nSPS) is 14.7. The van der Waals surface area contributed by atoms with Crippen LogP contribution in [0.25, 0.3) is 0 Å². The van der Waals surface area contributed by atoms with Crippen LogP contribution in [0.1, 0.15) is 19.3 Å². The van der Waals surface area contributed by atoms with Gasteiger partial charge in [-0.15, -0.1) is 0 Å². The second-order valence-corrected chi connectivity index (χ2v) is 4.64. The first-order valence-corrected chi connectivity index (χ1v) is 5.75. The molecule has 0 bridgehead atoms. The average molecular weight is 196 g/mol. The van der Waals surface area contributed by atoms with Crippen LogP contribution in [0.5, 0.6) is 0 Å². The van der Waals surface area contributed by atoms with Crippen LogP contribution < -0.4 is 11.5 Å². The molecule has 0 rings (SSSR count). The van der Waals surface area contributed by atoms with Crippen molar-refractivity contribution in [3.05, 3.63) is 0 Å². The standard InChI is InChI=1S/C6H17N2O3P/c7-4-1-2-6(8)3-5-12(9,10)11/h6H,1-5,7-8H2,(H2,9,10,11). The van der Waals surface area contributed by atoms with Gasteiger partial charge in [-0.05, 0) is 25.8 Å². The van der Waals surface area contributed by atoms with Gasteiger partial charge >= 0.3 is 7.60 Å². The Morgan fingerprint density at radius 1 is 1.33 bits per heavy atom. The molecule has 0 fully saturated rings. The molecule has 0 saturated carbocycles. The molecule has 5 nitrogen and oxygen atoms in total. The first-order chi connectivity index (χ1) is 5.45. The maximum atomic E-state index is 10.4. The van der Waals surface area contributed by atoms with Gasteiger partial charge in [0.1, 0.15) is 0 Å². The van der Waals surface area contributed by atoms with Crippen molar-refractivity contribution in [2.75, 3.05) is 12.7 Å². The van der Waals surface area contributed by atoms with Crippen LogP contribution in [0.3, 0.4) is 0 Å². The van der Waals surface area contributed by atoms with E-state index in [9.17, 15) is 4.57 Å². The smallest absolute Gasteiger partial charge is 0.325 e. The lowest BCUT2D eigenvalue weighted by atomic mass is 10.1. The van der Waals surface area contributed by atoms with Gasteiger partial charge in [-0.2, -0.15) is 0 Å². The molecule has 0 radical (unpaired) electrons. The van der Waals surface area contributed by atoms with Crippen molar-refractivity contribution in [3.63, 3.8) is 0 Å². The molecule has 6 heteroatoms. The summed E-state index contributed by atoms with van der Waals surface area (Å²) in [5.41, 5.74) is 10.8. The predicted octanol–water partition coefficient (Wildman–Crippen LogP) is -0.380. The second kappa shape index (κ2) is 5.67. The highest BCUT2D eigenvalue weighted by molar-refractivity contribution is 7.51. The van der Waals surface area contributed by atoms with E-state index in [2.05, 4.69) is 0 Å². The highest BCUT2D eigenvalue weighted by Crippen LogP contribution is 2.35. The molecule has 0 aliphatic carbocycles. The summed E-state index contributed by atoms with van der Waals surface area (Å²) >= 11 is 0. The van der Waals surface area contributed by atoms with Crippen LogP contribution in [0.15, 0.2) is 0 Å². The fourth-order valence-electron chi connectivity index (χ4n) is 0.858. The van der Waals surface area contributed by atoms with Crippen molar-refractivity contribution in [2.24, 2.45) is 11.5 Å². The van der Waals surface area contributed by atoms with Gasteiger partial charge in [0.2, 0.25) is 0 Å². The van der Waals surface area contributed by atoms with E-state index in [1.807, 2.05) is 0 Å². The monoisotopic (exact) mass is 196 g/mol. The molecule has 0 saturated heterocycles. The fourth-order valence-corrected chi connectivity index (χ4v) is 1.53. The van der Waals surface area contributed by atoms with Gasteiger partial charge in [-0.3, -0.25) is 4.57 Å². The van der Waals surface area contributed by atoms with Crippen LogP contribution in [0.2, 0.25) is 0 Å². The molecule has 0 heterocycles. The van der Waals surface area contributed by atoms with E-state index in [0.717, 1.165) is 12.8 Å². The van der Waals surface area contributed by atoms with Crippen molar-refractivity contribution in [1.29, 1.82) is 0 Å². The summed E-state index contributed by atoms with van der Waals surface area (Å²) in [6.07, 6.45) is 1.78. The summed E-state index contributed by atoms with van der Waals surface area (Å²) < 4.78 is 10.4. The van der Waals surface area contributed by atoms with Crippen molar-refractivity contribution >= 4 is 7.60 Å². The molecule has 12 heavy (non-hydrogen) atoms. The summed E-state index contributed by atoms with van der Waals surface area (Å²) in [4.78, 5) is 17.0. The van der Waals surface area contributed by atoms with Crippen molar-refractivity contribution in [2.45, 2.75) is 25.3 Å². The van der Waals surface area contributed by atoms with E-state index in [0.29, 0.717) is 13.0 Å². The number of hydrogen-bond donors (Lipinski definition) is 4. The molecule has 74 valence electrons. The third-order valence-corrected chi connectivity index (χ3v) is 2.41. The fraction of sp³-hybridized carbons (Fsp3) is 1.00. The van der Waals surface area contributed by atoms with Crippen LogP contribution in [0.4, 0.5) is 0 Å². The minimum absolute atomic E-state index is 0.126.